The van der Waals surface area contributed by atoms with Crippen LogP contribution in [0.5, 0.6) is 0 Å². The zero-order valence-corrected chi connectivity index (χ0v) is 17.4. The van der Waals surface area contributed by atoms with Crippen LogP contribution in [0, 0.1) is 11.3 Å². The van der Waals surface area contributed by atoms with Crippen LogP contribution in [-0.2, 0) is 27.6 Å². The zero-order chi connectivity index (χ0) is 21.6. The number of nitriles is 1. The van der Waals surface area contributed by atoms with Crippen molar-refractivity contribution in [3.05, 3.63) is 83.9 Å². The Balaban J connectivity index is 1.58. The molecule has 1 heterocycles. The van der Waals surface area contributed by atoms with Crippen molar-refractivity contribution in [1.29, 1.82) is 5.26 Å². The first-order valence-corrected chi connectivity index (χ1v) is 11.0. The van der Waals surface area contributed by atoms with Gasteiger partial charge in [0.1, 0.15) is 5.75 Å². The quantitative estimate of drug-likeness (QED) is 0.555. The van der Waals surface area contributed by atoms with Gasteiger partial charge in [0.25, 0.3) is 0 Å². The summed E-state index contributed by atoms with van der Waals surface area (Å²) in [6.45, 7) is 0.975. The highest BCUT2D eigenvalue weighted by atomic mass is 32.2. The Hall–Kier alpha value is -3.44. The summed E-state index contributed by atoms with van der Waals surface area (Å²) in [5.41, 5.74) is 2.58. The van der Waals surface area contributed by atoms with E-state index in [-0.39, 0.29) is 4.90 Å². The molecule has 0 unspecified atom stereocenters. The second-order valence-electron chi connectivity index (χ2n) is 6.96. The summed E-state index contributed by atoms with van der Waals surface area (Å²) in [5, 5.41) is 8.90. The molecule has 0 saturated carbocycles. The van der Waals surface area contributed by atoms with Crippen molar-refractivity contribution in [2.75, 3.05) is 19.3 Å². The van der Waals surface area contributed by atoms with Crippen LogP contribution in [0.4, 0.5) is 0 Å². The lowest BCUT2D eigenvalue weighted by Gasteiger charge is -2.18. The van der Waals surface area contributed by atoms with Gasteiger partial charge >= 0.3 is 0 Å². The van der Waals surface area contributed by atoms with Gasteiger partial charge in [-0.25, -0.2) is 13.4 Å². The SMILES string of the molecule is CN(CCc1cncn1Cc1ccc(C#N)cc1)C(=O)CS(=O)(=O)c1ccccc1. The maximum absolute atomic E-state index is 12.4. The number of likely N-dealkylation sites (N-methyl/N-ethyl adjacent to an activating group) is 1. The number of hydrogen-bond donors (Lipinski definition) is 0. The van der Waals surface area contributed by atoms with Crippen LogP contribution in [0.2, 0.25) is 0 Å². The van der Waals surface area contributed by atoms with Crippen LogP contribution in [-0.4, -0.2) is 48.1 Å². The summed E-state index contributed by atoms with van der Waals surface area (Å²) in [4.78, 5) is 18.2. The standard InChI is InChI=1S/C22H22N4O3S/c1-25(22(27)16-30(28,29)21-5-3-2-4-6-21)12-11-20-14-24-17-26(20)15-19-9-7-18(13-23)8-10-19/h2-10,14,17H,11-12,15-16H2,1H3. The summed E-state index contributed by atoms with van der Waals surface area (Å²) < 4.78 is 26.8. The molecule has 0 radical (unpaired) electrons. The number of hydrogen-bond acceptors (Lipinski definition) is 5. The van der Waals surface area contributed by atoms with Crippen LogP contribution in [0.1, 0.15) is 16.8 Å². The summed E-state index contributed by atoms with van der Waals surface area (Å²) in [6, 6.07) is 17.4. The molecule has 1 aromatic heterocycles. The largest absolute Gasteiger partial charge is 0.344 e. The van der Waals surface area contributed by atoms with Crippen LogP contribution >= 0.6 is 0 Å². The van der Waals surface area contributed by atoms with Crippen molar-refractivity contribution in [2.45, 2.75) is 17.9 Å². The minimum atomic E-state index is -3.66. The number of benzene rings is 2. The predicted molar refractivity (Wildman–Crippen MR) is 112 cm³/mol. The van der Waals surface area contributed by atoms with Gasteiger partial charge in [-0.15, -0.1) is 0 Å². The first-order chi connectivity index (χ1) is 14.4. The molecule has 0 fully saturated rings. The molecular formula is C22H22N4O3S. The molecule has 8 heteroatoms. The van der Waals surface area contributed by atoms with Crippen molar-refractivity contribution in [3.8, 4) is 6.07 Å². The number of amides is 1. The number of nitrogens with zero attached hydrogens (tertiary/aromatic N) is 4. The molecule has 0 atom stereocenters. The van der Waals surface area contributed by atoms with Crippen LogP contribution in [0.25, 0.3) is 0 Å². The molecule has 2 aromatic carbocycles. The monoisotopic (exact) mass is 422 g/mol. The van der Waals surface area contributed by atoms with E-state index >= 15 is 0 Å². The van der Waals surface area contributed by atoms with E-state index in [0.29, 0.717) is 25.1 Å². The Morgan fingerprint density at radius 1 is 1.13 bits per heavy atom. The number of carbonyl (C=O) groups is 1. The zero-order valence-electron chi connectivity index (χ0n) is 16.6. The van der Waals surface area contributed by atoms with Crippen molar-refractivity contribution < 1.29 is 13.2 Å². The topological polar surface area (TPSA) is 96.1 Å². The van der Waals surface area contributed by atoms with Gasteiger partial charge in [0, 0.05) is 38.4 Å². The first kappa shape index (κ1) is 21.3. The maximum atomic E-state index is 12.4. The van der Waals surface area contributed by atoms with Gasteiger partial charge in [-0.3, -0.25) is 4.79 Å². The third kappa shape index (κ3) is 5.33. The molecule has 0 spiro atoms. The smallest absolute Gasteiger partial charge is 0.237 e. The number of carbonyl (C=O) groups excluding carboxylic acids is 1. The molecule has 0 aliphatic carbocycles. The highest BCUT2D eigenvalue weighted by molar-refractivity contribution is 7.92. The first-order valence-electron chi connectivity index (χ1n) is 9.39. The van der Waals surface area contributed by atoms with E-state index in [4.69, 9.17) is 5.26 Å². The third-order valence-electron chi connectivity index (χ3n) is 4.78. The molecule has 30 heavy (non-hydrogen) atoms. The molecule has 0 aliphatic rings. The van der Waals surface area contributed by atoms with Crippen molar-refractivity contribution in [2.24, 2.45) is 0 Å². The van der Waals surface area contributed by atoms with E-state index in [1.165, 1.54) is 17.0 Å². The van der Waals surface area contributed by atoms with E-state index in [2.05, 4.69) is 11.1 Å². The Morgan fingerprint density at radius 2 is 1.83 bits per heavy atom. The van der Waals surface area contributed by atoms with Gasteiger partial charge < -0.3 is 9.47 Å². The van der Waals surface area contributed by atoms with Crippen molar-refractivity contribution in [3.63, 3.8) is 0 Å². The fraction of sp³-hybridized carbons (Fsp3) is 0.227. The van der Waals surface area contributed by atoms with E-state index in [1.54, 1.807) is 49.9 Å². The number of aromatic nitrogens is 2. The Kier molecular flexibility index (Phi) is 6.65. The second-order valence-corrected chi connectivity index (χ2v) is 8.95. The lowest BCUT2D eigenvalue weighted by atomic mass is 10.1. The third-order valence-corrected chi connectivity index (χ3v) is 6.40. The molecular weight excluding hydrogens is 400 g/mol. The van der Waals surface area contributed by atoms with Crippen molar-refractivity contribution >= 4 is 15.7 Å². The fourth-order valence-electron chi connectivity index (χ4n) is 2.97. The fourth-order valence-corrected chi connectivity index (χ4v) is 4.25. The molecule has 0 aliphatic heterocycles. The lowest BCUT2D eigenvalue weighted by molar-refractivity contribution is -0.127. The average molecular weight is 423 g/mol. The summed E-state index contributed by atoms with van der Waals surface area (Å²) in [7, 11) is -2.06. The van der Waals surface area contributed by atoms with Crippen LogP contribution in [0.3, 0.4) is 0 Å². The Morgan fingerprint density at radius 3 is 2.50 bits per heavy atom. The average Bonchev–Trinajstić information content (AvgIpc) is 3.19. The van der Waals surface area contributed by atoms with Crippen LogP contribution in [0.15, 0.2) is 72.0 Å². The van der Waals surface area contributed by atoms with E-state index < -0.39 is 21.5 Å². The van der Waals surface area contributed by atoms with Gasteiger partial charge in [-0.2, -0.15) is 5.26 Å². The maximum Gasteiger partial charge on any atom is 0.237 e. The molecule has 0 saturated heterocycles. The van der Waals surface area contributed by atoms with Gasteiger partial charge in [-0.1, -0.05) is 30.3 Å². The molecule has 0 bridgehead atoms. The van der Waals surface area contributed by atoms with Gasteiger partial charge in [0.15, 0.2) is 9.84 Å². The highest BCUT2D eigenvalue weighted by Crippen LogP contribution is 2.12. The molecule has 3 aromatic rings. The second kappa shape index (κ2) is 9.37. The van der Waals surface area contributed by atoms with Crippen LogP contribution < -0.4 is 0 Å². The van der Waals surface area contributed by atoms with Gasteiger partial charge in [0.05, 0.1) is 22.9 Å². The lowest BCUT2D eigenvalue weighted by Crippen LogP contribution is -2.34. The Labute approximate surface area is 176 Å². The Bertz CT molecular complexity index is 1150. The summed E-state index contributed by atoms with van der Waals surface area (Å²) in [6.07, 6.45) is 4.00. The van der Waals surface area contributed by atoms with Gasteiger partial charge in [0.2, 0.25) is 5.91 Å². The number of sulfone groups is 1. The van der Waals surface area contributed by atoms with E-state index in [0.717, 1.165) is 11.3 Å². The predicted octanol–water partition coefficient (Wildman–Crippen LogP) is 2.28. The highest BCUT2D eigenvalue weighted by Gasteiger charge is 2.21. The molecule has 1 amide bonds. The molecule has 7 nitrogen and oxygen atoms in total. The normalized spacial score (nSPS) is 11.1. The molecule has 154 valence electrons. The minimum Gasteiger partial charge on any atom is -0.344 e. The van der Waals surface area contributed by atoms with E-state index in [1.807, 2.05) is 16.7 Å². The molecule has 3 rings (SSSR count). The van der Waals surface area contributed by atoms with Crippen molar-refractivity contribution in [1.82, 2.24) is 14.5 Å². The summed E-state index contributed by atoms with van der Waals surface area (Å²) in [5.74, 6) is -1.00. The number of rotatable bonds is 8. The number of imidazole rings is 1. The molecule has 0 N–H and O–H groups in total. The van der Waals surface area contributed by atoms with E-state index in [9.17, 15) is 13.2 Å². The summed E-state index contributed by atoms with van der Waals surface area (Å²) >= 11 is 0. The minimum absolute atomic E-state index is 0.146. The van der Waals surface area contributed by atoms with Gasteiger partial charge in [-0.05, 0) is 29.8 Å².